The summed E-state index contributed by atoms with van der Waals surface area (Å²) in [6, 6.07) is 6.14. The number of aliphatic hydroxyl groups excluding tert-OH is 1. The van der Waals surface area contributed by atoms with Gasteiger partial charge in [-0.05, 0) is 56.4 Å². The van der Waals surface area contributed by atoms with Crippen molar-refractivity contribution >= 4 is 22.0 Å². The van der Waals surface area contributed by atoms with Gasteiger partial charge in [-0.3, -0.25) is 0 Å². The third-order valence-corrected chi connectivity index (χ3v) is 3.99. The third-order valence-electron chi connectivity index (χ3n) is 3.49. The van der Waals surface area contributed by atoms with Crippen molar-refractivity contribution in [2.24, 2.45) is 5.73 Å². The fourth-order valence-corrected chi connectivity index (χ4v) is 3.17. The fourth-order valence-electron chi connectivity index (χ4n) is 2.69. The number of hydrogen-bond acceptors (Lipinski definition) is 3. The van der Waals surface area contributed by atoms with E-state index < -0.39 is 17.8 Å². The van der Waals surface area contributed by atoms with Crippen molar-refractivity contribution in [1.82, 2.24) is 0 Å². The van der Waals surface area contributed by atoms with Gasteiger partial charge in [-0.2, -0.15) is 0 Å². The minimum Gasteiger partial charge on any atom is -0.444 e. The molecule has 4 nitrogen and oxygen atoms in total. The van der Waals surface area contributed by atoms with Crippen LogP contribution in [-0.2, 0) is 4.74 Å². The minimum absolute atomic E-state index is 0.220. The number of primary amides is 1. The Kier molecular flexibility index (Phi) is 6.23. The number of ether oxygens (including phenoxy) is 1. The summed E-state index contributed by atoms with van der Waals surface area (Å²) in [6.07, 6.45) is -0.412. The summed E-state index contributed by atoms with van der Waals surface area (Å²) < 4.78 is 6.06. The van der Waals surface area contributed by atoms with E-state index in [1.165, 1.54) is 11.1 Å². The summed E-state index contributed by atoms with van der Waals surface area (Å²) in [7, 11) is 0. The second kappa shape index (κ2) is 7.27. The van der Waals surface area contributed by atoms with E-state index in [2.05, 4.69) is 41.9 Å². The van der Waals surface area contributed by atoms with E-state index >= 15 is 0 Å². The fraction of sp³-hybridized carbons (Fsp3) is 0.562. The highest BCUT2D eigenvalue weighted by atomic mass is 79.9. The quantitative estimate of drug-likeness (QED) is 0.811. The molecule has 3 N–H and O–H groups in total. The first-order valence-corrected chi connectivity index (χ1v) is 7.82. The number of halogens is 1. The number of amides is 1. The number of aliphatic hydroxyl groups is 1. The molecule has 2 atom stereocenters. The van der Waals surface area contributed by atoms with Crippen LogP contribution >= 0.6 is 15.9 Å². The number of hydrogen-bond donors (Lipinski definition) is 2. The first-order valence-electron chi connectivity index (χ1n) is 7.03. The van der Waals surface area contributed by atoms with Gasteiger partial charge in [0.25, 0.3) is 0 Å². The summed E-state index contributed by atoms with van der Waals surface area (Å²) in [6.45, 7) is 7.64. The average molecular weight is 358 g/mol. The van der Waals surface area contributed by atoms with Crippen LogP contribution in [-0.4, -0.2) is 22.9 Å². The Balaban J connectivity index is 2.65. The van der Waals surface area contributed by atoms with Crippen molar-refractivity contribution in [3.8, 4) is 0 Å². The molecule has 1 aromatic rings. The van der Waals surface area contributed by atoms with Gasteiger partial charge in [-0.25, -0.2) is 4.79 Å². The van der Waals surface area contributed by atoms with Gasteiger partial charge in [0.2, 0.25) is 0 Å². The molecule has 1 amide bonds. The maximum Gasteiger partial charge on any atom is 0.405 e. The van der Waals surface area contributed by atoms with E-state index in [-0.39, 0.29) is 5.92 Å². The Morgan fingerprint density at radius 2 is 2.10 bits per heavy atom. The van der Waals surface area contributed by atoms with Crippen molar-refractivity contribution in [3.05, 3.63) is 33.8 Å². The molecule has 0 bridgehead atoms. The Hall–Kier alpha value is -1.07. The third kappa shape index (κ3) is 6.06. The molecule has 1 aromatic carbocycles. The molecule has 118 valence electrons. The number of benzene rings is 1. The number of carbonyl (C=O) groups is 1. The van der Waals surface area contributed by atoms with Crippen LogP contribution in [0.2, 0.25) is 0 Å². The molecular formula is C16H24BrNO3. The molecule has 0 spiro atoms. The second-order valence-electron chi connectivity index (χ2n) is 6.18. The van der Waals surface area contributed by atoms with Crippen LogP contribution in [0.25, 0.3) is 0 Å². The van der Waals surface area contributed by atoms with Crippen LogP contribution in [0.4, 0.5) is 4.79 Å². The van der Waals surface area contributed by atoms with Crippen molar-refractivity contribution in [3.63, 3.8) is 0 Å². The van der Waals surface area contributed by atoms with Crippen molar-refractivity contribution in [1.29, 1.82) is 0 Å². The lowest BCUT2D eigenvalue weighted by atomic mass is 9.88. The SMILES string of the molecule is Cc1cc(Br)ccc1C(C)CC(O)CC(C)(C)OC(N)=O. The van der Waals surface area contributed by atoms with Gasteiger partial charge in [-0.15, -0.1) is 0 Å². The highest BCUT2D eigenvalue weighted by Gasteiger charge is 2.27. The van der Waals surface area contributed by atoms with Gasteiger partial charge in [0.1, 0.15) is 5.60 Å². The summed E-state index contributed by atoms with van der Waals surface area (Å²) in [5, 5.41) is 10.2. The smallest absolute Gasteiger partial charge is 0.405 e. The lowest BCUT2D eigenvalue weighted by Crippen LogP contribution is -2.35. The van der Waals surface area contributed by atoms with Crippen molar-refractivity contribution in [2.45, 2.75) is 58.2 Å². The van der Waals surface area contributed by atoms with Gasteiger partial charge in [0, 0.05) is 10.9 Å². The molecule has 0 radical (unpaired) electrons. The Morgan fingerprint density at radius 3 is 2.62 bits per heavy atom. The molecule has 0 aromatic heterocycles. The summed E-state index contributed by atoms with van der Waals surface area (Å²) in [5.41, 5.74) is 6.67. The number of aryl methyl sites for hydroxylation is 1. The molecule has 0 heterocycles. The highest BCUT2D eigenvalue weighted by molar-refractivity contribution is 9.10. The molecule has 0 saturated heterocycles. The molecule has 21 heavy (non-hydrogen) atoms. The standard InChI is InChI=1S/C16H24BrNO3/c1-10-7-12(17)5-6-14(10)11(2)8-13(19)9-16(3,4)21-15(18)20/h5-7,11,13,19H,8-9H2,1-4H3,(H2,18,20). The molecule has 5 heteroatoms. The summed E-state index contributed by atoms with van der Waals surface area (Å²) in [4.78, 5) is 10.8. The van der Waals surface area contributed by atoms with Gasteiger partial charge >= 0.3 is 6.09 Å². The van der Waals surface area contributed by atoms with Crippen LogP contribution in [0.5, 0.6) is 0 Å². The maximum atomic E-state index is 10.8. The molecule has 0 aliphatic rings. The molecule has 0 fully saturated rings. The van der Waals surface area contributed by atoms with Crippen LogP contribution in [0.3, 0.4) is 0 Å². The minimum atomic E-state index is -0.816. The second-order valence-corrected chi connectivity index (χ2v) is 7.09. The predicted molar refractivity (Wildman–Crippen MR) is 87.3 cm³/mol. The van der Waals surface area contributed by atoms with Gasteiger partial charge in [-0.1, -0.05) is 28.9 Å². The zero-order valence-corrected chi connectivity index (χ0v) is 14.6. The zero-order valence-electron chi connectivity index (χ0n) is 13.0. The van der Waals surface area contributed by atoms with E-state index in [4.69, 9.17) is 10.5 Å². The van der Waals surface area contributed by atoms with Gasteiger partial charge in [0.05, 0.1) is 6.10 Å². The molecule has 0 aliphatic carbocycles. The van der Waals surface area contributed by atoms with Crippen LogP contribution < -0.4 is 5.73 Å². The highest BCUT2D eigenvalue weighted by Crippen LogP contribution is 2.29. The van der Waals surface area contributed by atoms with Gasteiger partial charge < -0.3 is 15.6 Å². The van der Waals surface area contributed by atoms with E-state index in [1.54, 1.807) is 13.8 Å². The average Bonchev–Trinajstić information content (AvgIpc) is 2.24. The van der Waals surface area contributed by atoms with Gasteiger partial charge in [0.15, 0.2) is 0 Å². The maximum absolute atomic E-state index is 10.8. The van der Waals surface area contributed by atoms with Crippen LogP contribution in [0.1, 0.15) is 50.7 Å². The van der Waals surface area contributed by atoms with Crippen molar-refractivity contribution in [2.75, 3.05) is 0 Å². The van der Waals surface area contributed by atoms with E-state index in [9.17, 15) is 9.90 Å². The first-order chi connectivity index (χ1) is 9.60. The van der Waals surface area contributed by atoms with Crippen molar-refractivity contribution < 1.29 is 14.6 Å². The number of nitrogens with two attached hydrogens (primary N) is 1. The van der Waals surface area contributed by atoms with E-state index in [1.807, 2.05) is 6.07 Å². The largest absolute Gasteiger partial charge is 0.444 e. The van der Waals surface area contributed by atoms with Crippen LogP contribution in [0, 0.1) is 6.92 Å². The first kappa shape index (κ1) is 18.0. The Labute approximate surface area is 134 Å². The summed E-state index contributed by atoms with van der Waals surface area (Å²) >= 11 is 3.45. The van der Waals surface area contributed by atoms with E-state index in [0.29, 0.717) is 12.8 Å². The number of carbonyl (C=O) groups excluding carboxylic acids is 1. The normalized spacial score (nSPS) is 14.6. The summed E-state index contributed by atoms with van der Waals surface area (Å²) in [5.74, 6) is 0.220. The lowest BCUT2D eigenvalue weighted by molar-refractivity contribution is -0.000102. The van der Waals surface area contributed by atoms with E-state index in [0.717, 1.165) is 4.47 Å². The molecule has 0 saturated carbocycles. The Morgan fingerprint density at radius 1 is 1.48 bits per heavy atom. The monoisotopic (exact) mass is 357 g/mol. The lowest BCUT2D eigenvalue weighted by Gasteiger charge is -2.28. The molecule has 1 rings (SSSR count). The molecule has 0 aliphatic heterocycles. The Bertz CT molecular complexity index is 502. The topological polar surface area (TPSA) is 72.6 Å². The molecular weight excluding hydrogens is 334 g/mol. The molecule has 2 unspecified atom stereocenters. The number of rotatable bonds is 6. The predicted octanol–water partition coefficient (Wildman–Crippen LogP) is 3.88. The zero-order chi connectivity index (χ0) is 16.2. The van der Waals surface area contributed by atoms with Crippen LogP contribution in [0.15, 0.2) is 22.7 Å².